The molecule has 1 heterocycles. The molecule has 5 nitrogen and oxygen atoms in total. The van der Waals surface area contributed by atoms with Gasteiger partial charge in [-0.15, -0.1) is 0 Å². The third-order valence-corrected chi connectivity index (χ3v) is 4.51. The van der Waals surface area contributed by atoms with Gasteiger partial charge in [-0.2, -0.15) is 0 Å². The molecule has 0 aliphatic carbocycles. The van der Waals surface area contributed by atoms with Gasteiger partial charge in [0.25, 0.3) is 5.91 Å². The average Bonchev–Trinajstić information content (AvgIpc) is 2.72. The molecule has 1 aliphatic rings. The number of nitrogens with zero attached hydrogens (tertiary/aromatic N) is 1. The lowest BCUT2D eigenvalue weighted by Gasteiger charge is -2.26. The van der Waals surface area contributed by atoms with E-state index in [1.165, 1.54) is 0 Å². The summed E-state index contributed by atoms with van der Waals surface area (Å²) in [5.74, 6) is 6.59. The van der Waals surface area contributed by atoms with Crippen LogP contribution in [0.4, 0.5) is 5.69 Å². The maximum Gasteiger partial charge on any atom is 0.261 e. The van der Waals surface area contributed by atoms with Gasteiger partial charge >= 0.3 is 0 Å². The van der Waals surface area contributed by atoms with Crippen LogP contribution in [0, 0.1) is 11.8 Å². The summed E-state index contributed by atoms with van der Waals surface area (Å²) < 4.78 is 5.58. The van der Waals surface area contributed by atoms with E-state index in [0.717, 1.165) is 30.6 Å². The van der Waals surface area contributed by atoms with Crippen molar-refractivity contribution in [1.29, 1.82) is 0 Å². The summed E-state index contributed by atoms with van der Waals surface area (Å²) >= 11 is 0. The van der Waals surface area contributed by atoms with Crippen LogP contribution in [0.1, 0.15) is 31.7 Å². The van der Waals surface area contributed by atoms with Crippen LogP contribution >= 0.6 is 0 Å². The van der Waals surface area contributed by atoms with Crippen LogP contribution in [0.5, 0.6) is 5.75 Å². The Kier molecular flexibility index (Phi) is 6.69. The molecule has 1 fully saturated rings. The van der Waals surface area contributed by atoms with Crippen molar-refractivity contribution in [3.8, 4) is 17.6 Å². The van der Waals surface area contributed by atoms with Crippen molar-refractivity contribution in [3.63, 3.8) is 0 Å². The van der Waals surface area contributed by atoms with Gasteiger partial charge in [0, 0.05) is 24.2 Å². The first-order chi connectivity index (χ1) is 13.6. The molecule has 2 aromatic carbocycles. The fourth-order valence-electron chi connectivity index (χ4n) is 2.98. The lowest BCUT2D eigenvalue weighted by Crippen LogP contribution is -2.36. The monoisotopic (exact) mass is 376 g/mol. The number of hydrogen-bond acceptors (Lipinski definition) is 3. The van der Waals surface area contributed by atoms with Crippen LogP contribution in [0.3, 0.4) is 0 Å². The van der Waals surface area contributed by atoms with E-state index in [1.807, 2.05) is 59.5 Å². The first kappa shape index (κ1) is 19.5. The zero-order chi connectivity index (χ0) is 19.8. The molecule has 2 aromatic rings. The minimum Gasteiger partial charge on any atom is -0.481 e. The number of para-hydroxylation sites is 1. The molecule has 1 N–H and O–H groups in total. The fraction of sp³-hybridized carbons (Fsp3) is 0.304. The Hall–Kier alpha value is -3.26. The Morgan fingerprint density at radius 1 is 1.14 bits per heavy atom. The third kappa shape index (κ3) is 5.37. The average molecular weight is 376 g/mol. The Labute approximate surface area is 165 Å². The third-order valence-electron chi connectivity index (χ3n) is 4.51. The van der Waals surface area contributed by atoms with Gasteiger partial charge in [0.05, 0.1) is 6.54 Å². The van der Waals surface area contributed by atoms with Crippen molar-refractivity contribution >= 4 is 17.5 Å². The lowest BCUT2D eigenvalue weighted by atomic mass is 10.1. The summed E-state index contributed by atoms with van der Waals surface area (Å²) in [6.45, 7) is 2.73. The summed E-state index contributed by atoms with van der Waals surface area (Å²) in [6.07, 6.45) is 2.04. The first-order valence-electron chi connectivity index (χ1n) is 9.52. The molecule has 3 rings (SSSR count). The molecule has 144 valence electrons. The minimum atomic E-state index is -0.592. The molecule has 0 spiro atoms. The number of amides is 2. The summed E-state index contributed by atoms with van der Waals surface area (Å²) in [7, 11) is 0. The van der Waals surface area contributed by atoms with Crippen LogP contribution in [-0.4, -0.2) is 31.0 Å². The first-order valence-corrected chi connectivity index (χ1v) is 9.52. The van der Waals surface area contributed by atoms with Crippen molar-refractivity contribution in [3.05, 3.63) is 60.2 Å². The second-order valence-corrected chi connectivity index (χ2v) is 6.64. The van der Waals surface area contributed by atoms with Gasteiger partial charge < -0.3 is 15.0 Å². The number of piperidine rings is 1. The van der Waals surface area contributed by atoms with Gasteiger partial charge in [0.2, 0.25) is 5.91 Å². The Morgan fingerprint density at radius 2 is 1.89 bits per heavy atom. The highest BCUT2D eigenvalue weighted by molar-refractivity contribution is 5.94. The molecule has 1 atom stereocenters. The van der Waals surface area contributed by atoms with Crippen molar-refractivity contribution in [2.24, 2.45) is 0 Å². The molecular weight excluding hydrogens is 352 g/mol. The highest BCUT2D eigenvalue weighted by atomic mass is 16.5. The van der Waals surface area contributed by atoms with Gasteiger partial charge in [-0.25, -0.2) is 0 Å². The molecule has 5 heteroatoms. The van der Waals surface area contributed by atoms with Crippen LogP contribution in [-0.2, 0) is 9.59 Å². The van der Waals surface area contributed by atoms with Gasteiger partial charge in [-0.1, -0.05) is 30.0 Å². The normalized spacial score (nSPS) is 14.6. The number of anilines is 1. The summed E-state index contributed by atoms with van der Waals surface area (Å²) in [4.78, 5) is 25.9. The van der Waals surface area contributed by atoms with Crippen molar-refractivity contribution in [1.82, 2.24) is 5.32 Å². The summed E-state index contributed by atoms with van der Waals surface area (Å²) in [6, 6.07) is 16.9. The molecule has 0 saturated carbocycles. The predicted molar refractivity (Wildman–Crippen MR) is 109 cm³/mol. The number of carbonyl (C=O) groups excluding carboxylic acids is 2. The number of nitrogens with one attached hydrogen (secondary N) is 1. The van der Waals surface area contributed by atoms with Crippen LogP contribution in [0.15, 0.2) is 54.6 Å². The van der Waals surface area contributed by atoms with Gasteiger partial charge in [0.15, 0.2) is 6.10 Å². The van der Waals surface area contributed by atoms with Crippen LogP contribution in [0.2, 0.25) is 0 Å². The summed E-state index contributed by atoms with van der Waals surface area (Å²) in [5.41, 5.74) is 1.76. The molecule has 0 aromatic heterocycles. The van der Waals surface area contributed by atoms with E-state index in [1.54, 1.807) is 6.92 Å². The number of carbonyl (C=O) groups is 2. The Balaban J connectivity index is 1.47. The largest absolute Gasteiger partial charge is 0.481 e. The van der Waals surface area contributed by atoms with E-state index in [0.29, 0.717) is 12.2 Å². The molecule has 0 radical (unpaired) electrons. The lowest BCUT2D eigenvalue weighted by molar-refractivity contribution is -0.127. The van der Waals surface area contributed by atoms with Gasteiger partial charge in [-0.3, -0.25) is 9.59 Å². The van der Waals surface area contributed by atoms with Crippen molar-refractivity contribution in [2.75, 3.05) is 18.0 Å². The van der Waals surface area contributed by atoms with Crippen LogP contribution < -0.4 is 15.0 Å². The number of benzene rings is 2. The SMILES string of the molecule is CC(Oc1ccccc1)C(=O)NCC#Cc1ccc(N2CCCCC2=O)cc1. The number of ether oxygens (including phenoxy) is 1. The fourth-order valence-corrected chi connectivity index (χ4v) is 2.98. The zero-order valence-electron chi connectivity index (χ0n) is 16.0. The maximum absolute atomic E-state index is 12.1. The molecule has 1 saturated heterocycles. The van der Waals surface area contributed by atoms with E-state index in [9.17, 15) is 9.59 Å². The topological polar surface area (TPSA) is 58.6 Å². The number of hydrogen-bond donors (Lipinski definition) is 1. The van der Waals surface area contributed by atoms with E-state index in [4.69, 9.17) is 4.74 Å². The molecule has 2 amide bonds. The van der Waals surface area contributed by atoms with E-state index in [2.05, 4.69) is 17.2 Å². The quantitative estimate of drug-likeness (QED) is 0.816. The second-order valence-electron chi connectivity index (χ2n) is 6.64. The van der Waals surface area contributed by atoms with Gasteiger partial charge in [0.1, 0.15) is 5.75 Å². The van der Waals surface area contributed by atoms with Crippen molar-refractivity contribution < 1.29 is 14.3 Å². The Morgan fingerprint density at radius 3 is 2.61 bits per heavy atom. The zero-order valence-corrected chi connectivity index (χ0v) is 16.0. The highest BCUT2D eigenvalue weighted by Gasteiger charge is 2.19. The molecule has 1 unspecified atom stereocenters. The van der Waals surface area contributed by atoms with Crippen LogP contribution in [0.25, 0.3) is 0 Å². The van der Waals surface area contributed by atoms with Crippen molar-refractivity contribution in [2.45, 2.75) is 32.3 Å². The van der Waals surface area contributed by atoms with E-state index >= 15 is 0 Å². The maximum atomic E-state index is 12.1. The van der Waals surface area contributed by atoms with E-state index in [-0.39, 0.29) is 18.4 Å². The predicted octanol–water partition coefficient (Wildman–Crippen LogP) is 3.14. The standard InChI is InChI=1S/C23H24N2O3/c1-18(28-21-9-3-2-4-10-21)23(27)24-16-7-8-19-12-14-20(15-13-19)25-17-6-5-11-22(25)26/h2-4,9-10,12-15,18H,5-6,11,16-17H2,1H3,(H,24,27). The second kappa shape index (κ2) is 9.61. The van der Waals surface area contributed by atoms with Gasteiger partial charge in [-0.05, 0) is 56.2 Å². The smallest absolute Gasteiger partial charge is 0.261 e. The molecule has 1 aliphatic heterocycles. The summed E-state index contributed by atoms with van der Waals surface area (Å²) in [5, 5.41) is 2.75. The molecule has 0 bridgehead atoms. The highest BCUT2D eigenvalue weighted by Crippen LogP contribution is 2.21. The number of rotatable bonds is 5. The minimum absolute atomic E-state index is 0.180. The molecular formula is C23H24N2O3. The molecule has 28 heavy (non-hydrogen) atoms. The van der Waals surface area contributed by atoms with E-state index < -0.39 is 6.10 Å². The Bertz CT molecular complexity index is 866.